The minimum Gasteiger partial charge on any atom is -0.353 e. The van der Waals surface area contributed by atoms with Crippen molar-refractivity contribution in [3.63, 3.8) is 0 Å². The average Bonchev–Trinajstić information content (AvgIpc) is 2.78. The molecule has 4 nitrogen and oxygen atoms in total. The van der Waals surface area contributed by atoms with Crippen molar-refractivity contribution in [3.8, 4) is 0 Å². The maximum atomic E-state index is 12.8. The monoisotopic (exact) mass is 404 g/mol. The Morgan fingerprint density at radius 2 is 1.38 bits per heavy atom. The molecule has 0 saturated heterocycles. The Morgan fingerprint density at radius 3 is 2.03 bits per heavy atom. The lowest BCUT2D eigenvalue weighted by Gasteiger charge is -2.19. The fourth-order valence-electron chi connectivity index (χ4n) is 2.87. The summed E-state index contributed by atoms with van der Waals surface area (Å²) in [6, 6.07) is 28.1. The third kappa shape index (κ3) is 6.80. The van der Waals surface area contributed by atoms with Gasteiger partial charge in [-0.2, -0.15) is 0 Å². The predicted molar refractivity (Wildman–Crippen MR) is 118 cm³/mol. The van der Waals surface area contributed by atoms with Gasteiger partial charge >= 0.3 is 0 Å². The molecule has 0 bridgehead atoms. The highest BCUT2D eigenvalue weighted by Gasteiger charge is 2.21. The Morgan fingerprint density at radius 1 is 0.793 bits per heavy atom. The maximum absolute atomic E-state index is 12.8. The molecule has 3 aromatic carbocycles. The first-order valence-electron chi connectivity index (χ1n) is 9.58. The first kappa shape index (κ1) is 20.7. The summed E-state index contributed by atoms with van der Waals surface area (Å²) in [6.45, 7) is 0.533. The fraction of sp³-hybridized carbons (Fsp3) is 0.167. The van der Waals surface area contributed by atoms with E-state index in [-0.39, 0.29) is 11.8 Å². The molecule has 3 aromatic rings. The van der Waals surface area contributed by atoms with E-state index in [0.29, 0.717) is 18.5 Å². The zero-order chi connectivity index (χ0) is 20.3. The SMILES string of the molecule is O=C(N[C@@H](Cc1ccccc1)C(=O)NCCSc1ccccc1)c1ccccc1. The number of amides is 2. The summed E-state index contributed by atoms with van der Waals surface area (Å²) in [5.74, 6) is 0.340. The van der Waals surface area contributed by atoms with Gasteiger partial charge in [-0.15, -0.1) is 11.8 Å². The smallest absolute Gasteiger partial charge is 0.251 e. The van der Waals surface area contributed by atoms with Crippen molar-refractivity contribution in [2.24, 2.45) is 0 Å². The average molecular weight is 405 g/mol. The second-order valence-corrected chi connectivity index (χ2v) is 7.70. The predicted octanol–water partition coefficient (Wildman–Crippen LogP) is 3.94. The van der Waals surface area contributed by atoms with E-state index in [9.17, 15) is 9.59 Å². The van der Waals surface area contributed by atoms with E-state index in [1.807, 2.05) is 78.9 Å². The van der Waals surface area contributed by atoms with Crippen molar-refractivity contribution in [3.05, 3.63) is 102 Å². The van der Waals surface area contributed by atoms with Crippen LogP contribution in [0.2, 0.25) is 0 Å². The topological polar surface area (TPSA) is 58.2 Å². The van der Waals surface area contributed by atoms with Crippen molar-refractivity contribution in [1.82, 2.24) is 10.6 Å². The maximum Gasteiger partial charge on any atom is 0.251 e. The third-order valence-corrected chi connectivity index (χ3v) is 5.37. The van der Waals surface area contributed by atoms with Gasteiger partial charge in [-0.25, -0.2) is 0 Å². The fourth-order valence-corrected chi connectivity index (χ4v) is 3.66. The standard InChI is InChI=1S/C24H24N2O2S/c27-23(20-12-6-2-7-13-20)26-22(18-19-10-4-1-5-11-19)24(28)25-16-17-29-21-14-8-3-9-15-21/h1-15,22H,16-18H2,(H,25,28)(H,26,27)/t22-/m0/s1. The zero-order valence-corrected chi connectivity index (χ0v) is 16.9. The molecular formula is C24H24N2O2S. The lowest BCUT2D eigenvalue weighted by atomic mass is 10.0. The summed E-state index contributed by atoms with van der Waals surface area (Å²) >= 11 is 1.69. The van der Waals surface area contributed by atoms with Crippen molar-refractivity contribution in [2.75, 3.05) is 12.3 Å². The largest absolute Gasteiger partial charge is 0.353 e. The van der Waals surface area contributed by atoms with Gasteiger partial charge in [0.25, 0.3) is 5.91 Å². The van der Waals surface area contributed by atoms with Crippen LogP contribution >= 0.6 is 11.8 Å². The summed E-state index contributed by atoms with van der Waals surface area (Å²) in [4.78, 5) is 26.5. The number of hydrogen-bond acceptors (Lipinski definition) is 3. The van der Waals surface area contributed by atoms with Gasteiger partial charge in [-0.05, 0) is 29.8 Å². The van der Waals surface area contributed by atoms with Crippen LogP contribution in [-0.2, 0) is 11.2 Å². The van der Waals surface area contributed by atoms with Crippen LogP contribution in [0.1, 0.15) is 15.9 Å². The molecule has 0 aliphatic heterocycles. The number of carbonyl (C=O) groups is 2. The van der Waals surface area contributed by atoms with Gasteiger partial charge in [-0.1, -0.05) is 66.7 Å². The first-order chi connectivity index (χ1) is 14.2. The van der Waals surface area contributed by atoms with Gasteiger partial charge in [0.1, 0.15) is 6.04 Å². The zero-order valence-electron chi connectivity index (χ0n) is 16.1. The molecule has 0 heterocycles. The molecule has 5 heteroatoms. The molecular weight excluding hydrogens is 380 g/mol. The highest BCUT2D eigenvalue weighted by atomic mass is 32.2. The van der Waals surface area contributed by atoms with Crippen LogP contribution in [0.3, 0.4) is 0 Å². The van der Waals surface area contributed by atoms with Crippen LogP contribution in [-0.4, -0.2) is 30.2 Å². The number of rotatable bonds is 9. The summed E-state index contributed by atoms with van der Waals surface area (Å²) in [5.41, 5.74) is 1.54. The van der Waals surface area contributed by atoms with Crippen LogP contribution in [0.5, 0.6) is 0 Å². The van der Waals surface area contributed by atoms with Gasteiger partial charge in [0, 0.05) is 29.2 Å². The molecule has 0 fully saturated rings. The normalized spacial score (nSPS) is 11.4. The van der Waals surface area contributed by atoms with Gasteiger partial charge in [0.05, 0.1) is 0 Å². The minimum absolute atomic E-state index is 0.174. The summed E-state index contributed by atoms with van der Waals surface area (Å²) < 4.78 is 0. The minimum atomic E-state index is -0.633. The summed E-state index contributed by atoms with van der Waals surface area (Å²) in [7, 11) is 0. The van der Waals surface area contributed by atoms with Crippen molar-refractivity contribution < 1.29 is 9.59 Å². The molecule has 1 atom stereocenters. The van der Waals surface area contributed by atoms with E-state index >= 15 is 0 Å². The molecule has 0 radical (unpaired) electrons. The molecule has 0 unspecified atom stereocenters. The second kappa shape index (κ2) is 11.1. The number of nitrogens with one attached hydrogen (secondary N) is 2. The quantitative estimate of drug-likeness (QED) is 0.420. The van der Waals surface area contributed by atoms with E-state index in [1.165, 1.54) is 4.90 Å². The van der Waals surface area contributed by atoms with Gasteiger partial charge in [0.15, 0.2) is 0 Å². The molecule has 0 aliphatic carbocycles. The number of hydrogen-bond donors (Lipinski definition) is 2. The molecule has 2 amide bonds. The molecule has 2 N–H and O–H groups in total. The lowest BCUT2D eigenvalue weighted by Crippen LogP contribution is -2.48. The molecule has 0 aliphatic rings. The lowest BCUT2D eigenvalue weighted by molar-refractivity contribution is -0.122. The van der Waals surface area contributed by atoms with Crippen LogP contribution in [0, 0.1) is 0 Å². The van der Waals surface area contributed by atoms with Crippen LogP contribution < -0.4 is 10.6 Å². The molecule has 148 valence electrons. The molecule has 3 rings (SSSR count). The Hall–Kier alpha value is -3.05. The van der Waals surface area contributed by atoms with Crippen molar-refractivity contribution in [1.29, 1.82) is 0 Å². The molecule has 0 aromatic heterocycles. The summed E-state index contributed by atoms with van der Waals surface area (Å²) in [6.07, 6.45) is 0.442. The molecule has 29 heavy (non-hydrogen) atoms. The second-order valence-electron chi connectivity index (χ2n) is 6.53. The van der Waals surface area contributed by atoms with Crippen LogP contribution in [0.25, 0.3) is 0 Å². The molecule has 0 spiro atoms. The summed E-state index contributed by atoms with van der Waals surface area (Å²) in [5, 5.41) is 5.84. The van der Waals surface area contributed by atoms with Crippen molar-refractivity contribution in [2.45, 2.75) is 17.4 Å². The van der Waals surface area contributed by atoms with E-state index in [1.54, 1.807) is 23.9 Å². The van der Waals surface area contributed by atoms with Gasteiger partial charge in [-0.3, -0.25) is 9.59 Å². The number of benzene rings is 3. The Labute approximate surface area is 175 Å². The van der Waals surface area contributed by atoms with E-state index in [4.69, 9.17) is 0 Å². The Bertz CT molecular complexity index is 902. The molecule has 0 saturated carbocycles. The first-order valence-corrected chi connectivity index (χ1v) is 10.6. The van der Waals surface area contributed by atoms with Crippen LogP contribution in [0.15, 0.2) is 95.9 Å². The Balaban J connectivity index is 1.58. The van der Waals surface area contributed by atoms with Crippen molar-refractivity contribution >= 4 is 23.6 Å². The third-order valence-electron chi connectivity index (χ3n) is 4.35. The highest BCUT2D eigenvalue weighted by molar-refractivity contribution is 7.99. The van der Waals surface area contributed by atoms with Gasteiger partial charge < -0.3 is 10.6 Å². The number of thioether (sulfide) groups is 1. The van der Waals surface area contributed by atoms with Crippen LogP contribution in [0.4, 0.5) is 0 Å². The Kier molecular flexibility index (Phi) is 7.90. The van der Waals surface area contributed by atoms with E-state index in [2.05, 4.69) is 10.6 Å². The van der Waals surface area contributed by atoms with Gasteiger partial charge in [0.2, 0.25) is 5.91 Å². The highest BCUT2D eigenvalue weighted by Crippen LogP contribution is 2.15. The number of carbonyl (C=O) groups excluding carboxylic acids is 2. The van der Waals surface area contributed by atoms with E-state index < -0.39 is 6.04 Å². The van der Waals surface area contributed by atoms with E-state index in [0.717, 1.165) is 11.3 Å².